The number of hydroxylamine groups is 2. The molecule has 0 radical (unpaired) electrons. The highest BCUT2D eigenvalue weighted by Crippen LogP contribution is 2.26. The van der Waals surface area contributed by atoms with Crippen LogP contribution >= 0.6 is 23.4 Å². The first-order valence-corrected chi connectivity index (χ1v) is 7.62. The van der Waals surface area contributed by atoms with E-state index in [0.717, 1.165) is 15.5 Å². The molecule has 2 rings (SSSR count). The van der Waals surface area contributed by atoms with Crippen molar-refractivity contribution in [2.75, 3.05) is 14.2 Å². The molecule has 0 spiro atoms. The minimum atomic E-state index is -0.264. The van der Waals surface area contributed by atoms with Gasteiger partial charge in [0.1, 0.15) is 5.69 Å². The van der Waals surface area contributed by atoms with Crippen LogP contribution in [0.1, 0.15) is 16.1 Å². The third-order valence-electron chi connectivity index (χ3n) is 2.84. The fraction of sp³-hybridized carbons (Fsp3) is 0.200. The molecule has 110 valence electrons. The van der Waals surface area contributed by atoms with Gasteiger partial charge in [-0.25, -0.2) is 5.06 Å². The lowest BCUT2D eigenvalue weighted by molar-refractivity contribution is -0.0761. The van der Waals surface area contributed by atoms with E-state index in [-0.39, 0.29) is 5.91 Å². The number of amides is 1. The summed E-state index contributed by atoms with van der Waals surface area (Å²) < 4.78 is 0. The Bertz CT molecular complexity index is 637. The first-order chi connectivity index (χ1) is 10.1. The number of carbonyl (C=O) groups is 1. The monoisotopic (exact) mass is 322 g/mol. The topological polar surface area (TPSA) is 42.4 Å². The molecule has 2 aromatic rings. The Morgan fingerprint density at radius 3 is 2.90 bits per heavy atom. The van der Waals surface area contributed by atoms with Crippen molar-refractivity contribution in [2.24, 2.45) is 0 Å². The minimum Gasteiger partial charge on any atom is -0.274 e. The molecular formula is C15H15ClN2O2S. The van der Waals surface area contributed by atoms with Crippen LogP contribution in [0, 0.1) is 0 Å². The molecule has 0 atom stereocenters. The molecule has 0 aliphatic carbocycles. The number of aromatic nitrogens is 1. The number of hydrogen-bond donors (Lipinski definition) is 0. The number of halogens is 1. The summed E-state index contributed by atoms with van der Waals surface area (Å²) in [6, 6.07) is 11.3. The molecule has 1 heterocycles. The number of benzene rings is 1. The number of carbonyl (C=O) groups excluding carboxylic acids is 1. The van der Waals surface area contributed by atoms with E-state index in [1.807, 2.05) is 36.4 Å². The van der Waals surface area contributed by atoms with Crippen molar-refractivity contribution in [3.8, 4) is 0 Å². The predicted molar refractivity (Wildman–Crippen MR) is 84.4 cm³/mol. The SMILES string of the molecule is CON(C)C(=O)c1ncccc1CSc1cccc(Cl)c1. The van der Waals surface area contributed by atoms with Crippen molar-refractivity contribution in [3.05, 3.63) is 58.9 Å². The van der Waals surface area contributed by atoms with E-state index < -0.39 is 0 Å². The second-order valence-electron chi connectivity index (χ2n) is 4.24. The van der Waals surface area contributed by atoms with Gasteiger partial charge in [-0.3, -0.25) is 14.6 Å². The molecule has 0 unspecified atom stereocenters. The second kappa shape index (κ2) is 7.45. The smallest absolute Gasteiger partial charge is 0.274 e. The number of thioether (sulfide) groups is 1. The van der Waals surface area contributed by atoms with Gasteiger partial charge in [-0.2, -0.15) is 0 Å². The fourth-order valence-electron chi connectivity index (χ4n) is 1.70. The molecule has 0 saturated carbocycles. The summed E-state index contributed by atoms with van der Waals surface area (Å²) in [6.07, 6.45) is 1.60. The number of rotatable bonds is 5. The van der Waals surface area contributed by atoms with Gasteiger partial charge in [0.05, 0.1) is 7.11 Å². The molecule has 0 saturated heterocycles. The molecule has 0 N–H and O–H groups in total. The van der Waals surface area contributed by atoms with E-state index >= 15 is 0 Å². The molecule has 0 aliphatic rings. The van der Waals surface area contributed by atoms with Crippen molar-refractivity contribution >= 4 is 29.3 Å². The van der Waals surface area contributed by atoms with Crippen LogP contribution in [0.4, 0.5) is 0 Å². The third kappa shape index (κ3) is 4.20. The maximum Gasteiger partial charge on any atom is 0.296 e. The number of pyridine rings is 1. The zero-order valence-corrected chi connectivity index (χ0v) is 13.3. The van der Waals surface area contributed by atoms with Crippen LogP contribution in [0.2, 0.25) is 5.02 Å². The lowest BCUT2D eigenvalue weighted by Crippen LogP contribution is -2.27. The van der Waals surface area contributed by atoms with E-state index in [0.29, 0.717) is 16.5 Å². The summed E-state index contributed by atoms with van der Waals surface area (Å²) in [7, 11) is 3.01. The predicted octanol–water partition coefficient (Wildman–Crippen LogP) is 3.66. The van der Waals surface area contributed by atoms with Crippen LogP contribution in [-0.4, -0.2) is 30.1 Å². The van der Waals surface area contributed by atoms with E-state index in [1.54, 1.807) is 25.0 Å². The molecule has 6 heteroatoms. The van der Waals surface area contributed by atoms with E-state index in [1.165, 1.54) is 7.11 Å². The largest absolute Gasteiger partial charge is 0.296 e. The quantitative estimate of drug-likeness (QED) is 0.622. The molecule has 0 fully saturated rings. The van der Waals surface area contributed by atoms with Gasteiger partial charge in [0.25, 0.3) is 5.91 Å². The van der Waals surface area contributed by atoms with Crippen molar-refractivity contribution in [1.29, 1.82) is 0 Å². The molecule has 4 nitrogen and oxygen atoms in total. The maximum atomic E-state index is 12.2. The summed E-state index contributed by atoms with van der Waals surface area (Å²) in [5, 5.41) is 1.86. The average Bonchev–Trinajstić information content (AvgIpc) is 2.52. The Morgan fingerprint density at radius 2 is 2.19 bits per heavy atom. The van der Waals surface area contributed by atoms with Crippen molar-refractivity contribution in [2.45, 2.75) is 10.6 Å². The number of hydrogen-bond acceptors (Lipinski definition) is 4. The zero-order valence-electron chi connectivity index (χ0n) is 11.7. The third-order valence-corrected chi connectivity index (χ3v) is 4.12. The summed E-state index contributed by atoms with van der Waals surface area (Å²) in [5.41, 5.74) is 1.26. The molecule has 21 heavy (non-hydrogen) atoms. The summed E-state index contributed by atoms with van der Waals surface area (Å²) in [5.74, 6) is 0.368. The van der Waals surface area contributed by atoms with E-state index in [9.17, 15) is 4.79 Å². The van der Waals surface area contributed by atoms with Gasteiger partial charge in [0, 0.05) is 28.9 Å². The molecule has 1 aromatic heterocycles. The van der Waals surface area contributed by atoms with E-state index in [4.69, 9.17) is 16.4 Å². The summed E-state index contributed by atoms with van der Waals surface area (Å²) in [4.78, 5) is 22.3. The highest BCUT2D eigenvalue weighted by atomic mass is 35.5. The van der Waals surface area contributed by atoms with Gasteiger partial charge < -0.3 is 0 Å². The van der Waals surface area contributed by atoms with E-state index in [2.05, 4.69) is 4.98 Å². The lowest BCUT2D eigenvalue weighted by Gasteiger charge is -2.15. The normalized spacial score (nSPS) is 10.4. The standard InChI is InChI=1S/C15H15ClN2O2S/c1-18(20-2)15(19)14-11(5-4-8-17-14)10-21-13-7-3-6-12(16)9-13/h3-9H,10H2,1-2H3. The van der Waals surface area contributed by atoms with Gasteiger partial charge in [-0.05, 0) is 29.8 Å². The summed E-state index contributed by atoms with van der Waals surface area (Å²) >= 11 is 7.57. The Labute approximate surface area is 133 Å². The van der Waals surface area contributed by atoms with Crippen LogP contribution in [0.25, 0.3) is 0 Å². The summed E-state index contributed by atoms with van der Waals surface area (Å²) in [6.45, 7) is 0. The Hall–Kier alpha value is -1.56. The average molecular weight is 323 g/mol. The Kier molecular flexibility index (Phi) is 5.61. The highest BCUT2D eigenvalue weighted by molar-refractivity contribution is 7.98. The van der Waals surface area contributed by atoms with Gasteiger partial charge in [0.2, 0.25) is 0 Å². The minimum absolute atomic E-state index is 0.264. The number of nitrogens with zero attached hydrogens (tertiary/aromatic N) is 2. The maximum absolute atomic E-state index is 12.2. The molecule has 1 aromatic carbocycles. The van der Waals surface area contributed by atoms with Gasteiger partial charge in [-0.15, -0.1) is 11.8 Å². The molecule has 1 amide bonds. The van der Waals surface area contributed by atoms with Crippen molar-refractivity contribution in [3.63, 3.8) is 0 Å². The Balaban J connectivity index is 2.15. The van der Waals surface area contributed by atoms with Crippen LogP contribution in [0.5, 0.6) is 0 Å². The van der Waals surface area contributed by atoms with Crippen LogP contribution in [0.15, 0.2) is 47.5 Å². The van der Waals surface area contributed by atoms with Gasteiger partial charge in [0.15, 0.2) is 0 Å². The van der Waals surface area contributed by atoms with Crippen molar-refractivity contribution < 1.29 is 9.63 Å². The second-order valence-corrected chi connectivity index (χ2v) is 5.73. The Morgan fingerprint density at radius 1 is 1.38 bits per heavy atom. The molecule has 0 bridgehead atoms. The van der Waals surface area contributed by atoms with Crippen molar-refractivity contribution in [1.82, 2.24) is 10.0 Å². The fourth-order valence-corrected chi connectivity index (χ4v) is 2.89. The van der Waals surface area contributed by atoms with Crippen LogP contribution in [-0.2, 0) is 10.6 Å². The lowest BCUT2D eigenvalue weighted by atomic mass is 10.2. The molecular weight excluding hydrogens is 308 g/mol. The first-order valence-electron chi connectivity index (χ1n) is 6.26. The van der Waals surface area contributed by atoms with Gasteiger partial charge >= 0.3 is 0 Å². The van der Waals surface area contributed by atoms with Gasteiger partial charge in [-0.1, -0.05) is 23.7 Å². The van der Waals surface area contributed by atoms with Crippen LogP contribution < -0.4 is 0 Å². The molecule has 0 aliphatic heterocycles. The van der Waals surface area contributed by atoms with Crippen LogP contribution in [0.3, 0.4) is 0 Å². The zero-order chi connectivity index (χ0) is 15.2. The first kappa shape index (κ1) is 15.8. The highest BCUT2D eigenvalue weighted by Gasteiger charge is 2.17.